The fourth-order valence-corrected chi connectivity index (χ4v) is 3.75. The van der Waals surface area contributed by atoms with Gasteiger partial charge in [-0.05, 0) is 34.4 Å². The molecular weight excluding hydrogens is 374 g/mol. The fraction of sp³-hybridized carbons (Fsp3) is 0.0909. The number of carboxylic acids is 1. The summed E-state index contributed by atoms with van der Waals surface area (Å²) in [6, 6.07) is 19.2. The number of benzene rings is 3. The van der Waals surface area contributed by atoms with Gasteiger partial charge in [-0.25, -0.2) is 9.59 Å². The first-order valence-corrected chi connectivity index (χ1v) is 8.85. The minimum absolute atomic E-state index is 0.0126. The predicted octanol–water partition coefficient (Wildman–Crippen LogP) is 4.26. The Balaban J connectivity index is 1.64. The second kappa shape index (κ2) is 7.20. The first-order chi connectivity index (χ1) is 14.0. The number of aromatic carboxylic acids is 1. The lowest BCUT2D eigenvalue weighted by Gasteiger charge is -2.14. The number of fused-ring (bicyclic) bond motifs is 3. The first-order valence-electron chi connectivity index (χ1n) is 8.85. The first kappa shape index (κ1) is 18.4. The SMILES string of the molecule is O=C(O)c1cccc(C(=O)OCC2c3ccccc3-c3ccccc32)c1[N+](=O)[O-]. The van der Waals surface area contributed by atoms with Crippen LogP contribution in [-0.2, 0) is 4.74 Å². The number of hydrogen-bond acceptors (Lipinski definition) is 5. The van der Waals surface area contributed by atoms with Crippen molar-refractivity contribution in [2.45, 2.75) is 5.92 Å². The van der Waals surface area contributed by atoms with Gasteiger partial charge in [-0.3, -0.25) is 10.1 Å². The molecule has 1 aliphatic carbocycles. The number of nitro benzene ring substituents is 1. The third-order valence-electron chi connectivity index (χ3n) is 5.01. The Morgan fingerprint density at radius 2 is 1.45 bits per heavy atom. The van der Waals surface area contributed by atoms with Gasteiger partial charge in [-0.1, -0.05) is 54.6 Å². The number of rotatable bonds is 5. The number of carbonyl (C=O) groups excluding carboxylic acids is 1. The van der Waals surface area contributed by atoms with Gasteiger partial charge in [0.1, 0.15) is 17.7 Å². The maximum absolute atomic E-state index is 12.6. The average Bonchev–Trinajstić information content (AvgIpc) is 3.05. The van der Waals surface area contributed by atoms with E-state index in [1.807, 2.05) is 48.5 Å². The monoisotopic (exact) mass is 389 g/mol. The molecular formula is C22H15NO6. The van der Waals surface area contributed by atoms with E-state index in [0.29, 0.717) is 0 Å². The Morgan fingerprint density at radius 1 is 0.897 bits per heavy atom. The average molecular weight is 389 g/mol. The van der Waals surface area contributed by atoms with Crippen LogP contribution in [-0.4, -0.2) is 28.6 Å². The molecule has 0 bridgehead atoms. The van der Waals surface area contributed by atoms with Crippen molar-refractivity contribution in [2.75, 3.05) is 6.61 Å². The van der Waals surface area contributed by atoms with Crippen LogP contribution in [0.2, 0.25) is 0 Å². The number of esters is 1. The van der Waals surface area contributed by atoms with E-state index in [-0.39, 0.29) is 18.1 Å². The Bertz CT molecular complexity index is 1110. The minimum atomic E-state index is -1.48. The third-order valence-corrected chi connectivity index (χ3v) is 5.01. The smallest absolute Gasteiger partial charge is 0.345 e. The summed E-state index contributed by atoms with van der Waals surface area (Å²) in [7, 11) is 0. The molecule has 0 fully saturated rings. The van der Waals surface area contributed by atoms with E-state index in [1.54, 1.807) is 0 Å². The van der Waals surface area contributed by atoms with Gasteiger partial charge in [-0.2, -0.15) is 0 Å². The van der Waals surface area contributed by atoms with Crippen molar-refractivity contribution in [1.82, 2.24) is 0 Å². The highest BCUT2D eigenvalue weighted by atomic mass is 16.6. The number of nitro groups is 1. The number of carbonyl (C=O) groups is 2. The summed E-state index contributed by atoms with van der Waals surface area (Å²) >= 11 is 0. The topological polar surface area (TPSA) is 107 Å². The quantitative estimate of drug-likeness (QED) is 0.397. The Labute approximate surface area is 165 Å². The lowest BCUT2D eigenvalue weighted by molar-refractivity contribution is -0.385. The maximum atomic E-state index is 12.6. The molecule has 0 radical (unpaired) electrons. The molecule has 144 valence electrons. The Kier molecular flexibility index (Phi) is 4.56. The Hall–Kier alpha value is -4.00. The summed E-state index contributed by atoms with van der Waals surface area (Å²) in [4.78, 5) is 34.4. The van der Waals surface area contributed by atoms with E-state index in [4.69, 9.17) is 4.74 Å². The molecule has 0 saturated heterocycles. The van der Waals surface area contributed by atoms with Gasteiger partial charge in [0.15, 0.2) is 0 Å². The van der Waals surface area contributed by atoms with Gasteiger partial charge in [0, 0.05) is 5.92 Å². The summed E-state index contributed by atoms with van der Waals surface area (Å²) in [6.45, 7) is -0.0126. The van der Waals surface area contributed by atoms with E-state index >= 15 is 0 Å². The second-order valence-electron chi connectivity index (χ2n) is 6.59. The molecule has 0 amide bonds. The zero-order chi connectivity index (χ0) is 20.5. The van der Waals surface area contributed by atoms with Crippen LogP contribution < -0.4 is 0 Å². The molecule has 0 saturated carbocycles. The summed E-state index contributed by atoms with van der Waals surface area (Å²) in [5.74, 6) is -2.61. The van der Waals surface area contributed by atoms with Crippen molar-refractivity contribution in [1.29, 1.82) is 0 Å². The van der Waals surface area contributed by atoms with E-state index in [2.05, 4.69) is 0 Å². The molecule has 0 heterocycles. The summed E-state index contributed by atoms with van der Waals surface area (Å²) in [6.07, 6.45) is 0. The number of nitrogens with zero attached hydrogens (tertiary/aromatic N) is 1. The van der Waals surface area contributed by atoms with Crippen LogP contribution in [0.4, 0.5) is 5.69 Å². The lowest BCUT2D eigenvalue weighted by Crippen LogP contribution is -2.15. The molecule has 0 unspecified atom stereocenters. The zero-order valence-corrected chi connectivity index (χ0v) is 15.1. The predicted molar refractivity (Wildman–Crippen MR) is 104 cm³/mol. The van der Waals surface area contributed by atoms with Gasteiger partial charge in [0.25, 0.3) is 5.69 Å². The number of hydrogen-bond donors (Lipinski definition) is 1. The largest absolute Gasteiger partial charge is 0.477 e. The zero-order valence-electron chi connectivity index (χ0n) is 15.1. The minimum Gasteiger partial charge on any atom is -0.477 e. The van der Waals surface area contributed by atoms with Crippen LogP contribution in [0.3, 0.4) is 0 Å². The van der Waals surface area contributed by atoms with E-state index in [1.165, 1.54) is 12.1 Å². The Morgan fingerprint density at radius 3 is 2.00 bits per heavy atom. The van der Waals surface area contributed by atoms with Crippen LogP contribution in [0, 0.1) is 10.1 Å². The summed E-state index contributed by atoms with van der Waals surface area (Å²) < 4.78 is 5.41. The van der Waals surface area contributed by atoms with Gasteiger partial charge >= 0.3 is 11.9 Å². The van der Waals surface area contributed by atoms with Crippen molar-refractivity contribution >= 4 is 17.6 Å². The summed E-state index contributed by atoms with van der Waals surface area (Å²) in [5.41, 5.74) is 2.43. The number of ether oxygens (including phenoxy) is 1. The van der Waals surface area contributed by atoms with Gasteiger partial charge < -0.3 is 9.84 Å². The highest BCUT2D eigenvalue weighted by molar-refractivity contribution is 6.01. The molecule has 1 N–H and O–H groups in total. The van der Waals surface area contributed by atoms with Crippen LogP contribution in [0.5, 0.6) is 0 Å². The van der Waals surface area contributed by atoms with Crippen molar-refractivity contribution in [3.8, 4) is 11.1 Å². The third kappa shape index (κ3) is 3.12. The van der Waals surface area contributed by atoms with Gasteiger partial charge in [0.2, 0.25) is 0 Å². The molecule has 4 rings (SSSR count). The maximum Gasteiger partial charge on any atom is 0.345 e. The van der Waals surface area contributed by atoms with Crippen molar-refractivity contribution < 1.29 is 24.4 Å². The molecule has 0 aliphatic heterocycles. The van der Waals surface area contributed by atoms with Crippen LogP contribution in [0.15, 0.2) is 66.7 Å². The normalized spacial score (nSPS) is 12.1. The molecule has 0 aromatic heterocycles. The van der Waals surface area contributed by atoms with E-state index in [0.717, 1.165) is 28.3 Å². The number of para-hydroxylation sites is 1. The van der Waals surface area contributed by atoms with Crippen molar-refractivity contribution in [3.05, 3.63) is 99.1 Å². The van der Waals surface area contributed by atoms with Gasteiger partial charge in [-0.15, -0.1) is 0 Å². The van der Waals surface area contributed by atoms with Gasteiger partial charge in [0.05, 0.1) is 4.92 Å². The van der Waals surface area contributed by atoms with Crippen LogP contribution >= 0.6 is 0 Å². The highest BCUT2D eigenvalue weighted by Crippen LogP contribution is 2.44. The van der Waals surface area contributed by atoms with E-state index in [9.17, 15) is 24.8 Å². The molecule has 1 aliphatic rings. The number of carboxylic acid groups (broad SMARTS) is 1. The van der Waals surface area contributed by atoms with E-state index < -0.39 is 28.1 Å². The van der Waals surface area contributed by atoms with Crippen molar-refractivity contribution in [3.63, 3.8) is 0 Å². The second-order valence-corrected chi connectivity index (χ2v) is 6.59. The molecule has 0 spiro atoms. The fourth-order valence-electron chi connectivity index (χ4n) is 3.75. The molecule has 7 heteroatoms. The van der Waals surface area contributed by atoms with Crippen LogP contribution in [0.1, 0.15) is 37.8 Å². The molecule has 0 atom stereocenters. The highest BCUT2D eigenvalue weighted by Gasteiger charge is 2.32. The lowest BCUT2D eigenvalue weighted by atomic mass is 9.98. The van der Waals surface area contributed by atoms with Crippen molar-refractivity contribution in [2.24, 2.45) is 0 Å². The molecule has 3 aromatic rings. The molecule has 3 aromatic carbocycles. The molecule has 29 heavy (non-hydrogen) atoms. The molecule has 7 nitrogen and oxygen atoms in total. The standard InChI is InChI=1S/C22H15NO6/c24-21(25)17-10-5-11-18(20(17)23(27)28)22(26)29-12-19-15-8-3-1-6-13(15)14-7-2-4-9-16(14)19/h1-11,19H,12H2,(H,24,25). The van der Waals surface area contributed by atoms with Crippen LogP contribution in [0.25, 0.3) is 11.1 Å². The summed E-state index contributed by atoms with van der Waals surface area (Å²) in [5, 5.41) is 20.6.